The van der Waals surface area contributed by atoms with E-state index in [0.717, 1.165) is 0 Å². The molecule has 0 saturated heterocycles. The van der Waals surface area contributed by atoms with Gasteiger partial charge in [-0.3, -0.25) is 19.2 Å². The Labute approximate surface area is 216 Å². The first kappa shape index (κ1) is 25.3. The van der Waals surface area contributed by atoms with Crippen LogP contribution in [0.25, 0.3) is 0 Å². The molecule has 0 aromatic heterocycles. The largest absolute Gasteiger partial charge is 0.465 e. The van der Waals surface area contributed by atoms with Crippen LogP contribution >= 0.6 is 0 Å². The fourth-order valence-electron chi connectivity index (χ4n) is 7.65. The minimum absolute atomic E-state index is 0.0465. The number of hydrogen-bond donors (Lipinski definition) is 1. The number of carbonyl (C=O) groups excluding carboxylic acids is 4. The summed E-state index contributed by atoms with van der Waals surface area (Å²) < 4.78 is 5.47. The monoisotopic (exact) mass is 500 g/mol. The zero-order valence-electron chi connectivity index (χ0n) is 21.5. The number of esters is 1. The van der Waals surface area contributed by atoms with E-state index in [1.165, 1.54) is 0 Å². The van der Waals surface area contributed by atoms with E-state index in [-0.39, 0.29) is 37.2 Å². The van der Waals surface area contributed by atoms with E-state index in [9.17, 15) is 24.3 Å². The van der Waals surface area contributed by atoms with E-state index in [1.807, 2.05) is 6.07 Å². The molecule has 0 spiro atoms. The van der Waals surface area contributed by atoms with Gasteiger partial charge in [-0.2, -0.15) is 0 Å². The molecule has 0 radical (unpaired) electrons. The summed E-state index contributed by atoms with van der Waals surface area (Å²) in [5, 5.41) is 12.3. The number of Topliss-reactive ketones (excluding diaryl/α,β-unsaturated/α-hetero) is 3. The second kappa shape index (κ2) is 8.32. The number of rotatable bonds is 7. The van der Waals surface area contributed by atoms with E-state index >= 15 is 0 Å². The molecule has 5 atom stereocenters. The SMILES string of the molecule is C=C(C[C@]12C[C@@H]3C[C@](C(=O)OCC)(C1=O)C(C)(C)[C@H](C2=O)C3(O)c1ccccc1)C(=O)c1ccccc1. The van der Waals surface area contributed by atoms with Gasteiger partial charge in [0.15, 0.2) is 17.3 Å². The van der Waals surface area contributed by atoms with Gasteiger partial charge in [-0.25, -0.2) is 0 Å². The summed E-state index contributed by atoms with van der Waals surface area (Å²) in [5.41, 5.74) is -4.88. The van der Waals surface area contributed by atoms with Crippen molar-refractivity contribution in [3.05, 3.63) is 83.9 Å². The van der Waals surface area contributed by atoms with Crippen molar-refractivity contribution in [1.29, 1.82) is 0 Å². The summed E-state index contributed by atoms with van der Waals surface area (Å²) in [6, 6.07) is 17.6. The van der Waals surface area contributed by atoms with E-state index in [2.05, 4.69) is 6.58 Å². The van der Waals surface area contributed by atoms with E-state index in [1.54, 1.807) is 75.4 Å². The summed E-state index contributed by atoms with van der Waals surface area (Å²) in [4.78, 5) is 55.7. The van der Waals surface area contributed by atoms with Gasteiger partial charge in [-0.15, -0.1) is 0 Å². The first-order valence-electron chi connectivity index (χ1n) is 12.8. The molecule has 4 aliphatic rings. The zero-order valence-corrected chi connectivity index (χ0v) is 21.5. The van der Waals surface area contributed by atoms with Crippen LogP contribution in [0.15, 0.2) is 72.8 Å². The van der Waals surface area contributed by atoms with Crippen molar-refractivity contribution < 1.29 is 29.0 Å². The van der Waals surface area contributed by atoms with Crippen molar-refractivity contribution >= 4 is 23.3 Å². The van der Waals surface area contributed by atoms with Gasteiger partial charge in [-0.1, -0.05) is 81.1 Å². The van der Waals surface area contributed by atoms with Gasteiger partial charge in [0, 0.05) is 11.0 Å². The van der Waals surface area contributed by atoms with Crippen LogP contribution in [0.2, 0.25) is 0 Å². The van der Waals surface area contributed by atoms with Crippen molar-refractivity contribution in [2.75, 3.05) is 6.61 Å². The lowest BCUT2D eigenvalue weighted by molar-refractivity contribution is -0.256. The number of carbonyl (C=O) groups is 4. The highest BCUT2D eigenvalue weighted by atomic mass is 16.5. The Balaban J connectivity index is 1.67. The van der Waals surface area contributed by atoms with Crippen LogP contribution in [0.4, 0.5) is 0 Å². The van der Waals surface area contributed by atoms with Crippen LogP contribution in [0.3, 0.4) is 0 Å². The highest BCUT2D eigenvalue weighted by Gasteiger charge is 2.83. The van der Waals surface area contributed by atoms with Gasteiger partial charge in [0.2, 0.25) is 0 Å². The van der Waals surface area contributed by atoms with Crippen molar-refractivity contribution in [3.8, 4) is 0 Å². The summed E-state index contributed by atoms with van der Waals surface area (Å²) in [6.07, 6.45) is -0.0634. The van der Waals surface area contributed by atoms with E-state index in [4.69, 9.17) is 4.74 Å². The molecular formula is C31H32O6. The van der Waals surface area contributed by atoms with Gasteiger partial charge < -0.3 is 9.84 Å². The third kappa shape index (κ3) is 3.08. The molecule has 4 fully saturated rings. The Morgan fingerprint density at radius 3 is 2.19 bits per heavy atom. The zero-order chi connectivity index (χ0) is 26.8. The van der Waals surface area contributed by atoms with Crippen LogP contribution in [-0.4, -0.2) is 35.0 Å². The number of allylic oxidation sites excluding steroid dienone is 1. The number of hydrogen-bond acceptors (Lipinski definition) is 6. The lowest BCUT2D eigenvalue weighted by Gasteiger charge is -2.70. The maximum atomic E-state index is 14.4. The first-order chi connectivity index (χ1) is 17.5. The normalized spacial score (nSPS) is 33.3. The predicted molar refractivity (Wildman–Crippen MR) is 136 cm³/mol. The number of aliphatic hydroxyl groups is 1. The lowest BCUT2D eigenvalue weighted by Crippen LogP contribution is -2.80. The maximum Gasteiger partial charge on any atom is 0.320 e. The molecule has 2 aromatic rings. The summed E-state index contributed by atoms with van der Waals surface area (Å²) >= 11 is 0. The smallest absolute Gasteiger partial charge is 0.320 e. The molecule has 0 heterocycles. The fourth-order valence-corrected chi connectivity index (χ4v) is 7.65. The van der Waals surface area contributed by atoms with Crippen LogP contribution < -0.4 is 0 Å². The van der Waals surface area contributed by atoms with Gasteiger partial charge >= 0.3 is 5.97 Å². The quantitative estimate of drug-likeness (QED) is 0.261. The molecule has 6 heteroatoms. The minimum Gasteiger partial charge on any atom is -0.465 e. The summed E-state index contributed by atoms with van der Waals surface area (Å²) in [7, 11) is 0. The van der Waals surface area contributed by atoms with Crippen LogP contribution in [-0.2, 0) is 24.7 Å². The first-order valence-corrected chi connectivity index (χ1v) is 12.8. The molecule has 37 heavy (non-hydrogen) atoms. The Morgan fingerprint density at radius 1 is 1.00 bits per heavy atom. The molecule has 192 valence electrons. The van der Waals surface area contributed by atoms with Gasteiger partial charge in [0.25, 0.3) is 0 Å². The average molecular weight is 501 g/mol. The highest BCUT2D eigenvalue weighted by Crippen LogP contribution is 2.74. The van der Waals surface area contributed by atoms with Gasteiger partial charge in [-0.05, 0) is 43.2 Å². The van der Waals surface area contributed by atoms with Crippen LogP contribution in [0, 0.1) is 28.1 Å². The average Bonchev–Trinajstić information content (AvgIpc) is 2.88. The topological polar surface area (TPSA) is 97.7 Å². The molecule has 4 bridgehead atoms. The molecule has 4 aliphatic carbocycles. The highest BCUT2D eigenvalue weighted by molar-refractivity contribution is 6.23. The third-order valence-electron chi connectivity index (χ3n) is 9.32. The second-order valence-corrected chi connectivity index (χ2v) is 11.3. The maximum absolute atomic E-state index is 14.4. The third-order valence-corrected chi connectivity index (χ3v) is 9.32. The summed E-state index contributed by atoms with van der Waals surface area (Å²) in [5.74, 6) is -3.54. The van der Waals surface area contributed by atoms with Crippen LogP contribution in [0.5, 0.6) is 0 Å². The van der Waals surface area contributed by atoms with Crippen molar-refractivity contribution in [2.45, 2.75) is 45.6 Å². The van der Waals surface area contributed by atoms with E-state index in [0.29, 0.717) is 11.1 Å². The van der Waals surface area contributed by atoms with E-state index < -0.39 is 51.2 Å². The Kier molecular flexibility index (Phi) is 5.68. The Hall–Kier alpha value is -3.38. The second-order valence-electron chi connectivity index (χ2n) is 11.3. The molecule has 4 saturated carbocycles. The standard InChI is InChI=1S/C31H32O6/c1-5-37-27(35)30-18-22-17-29(26(30)34,16-19(2)23(32)20-12-8-6-9-13-20)25(33)24(28(30,3)4)31(22,36)21-14-10-7-11-15-21/h6-15,22,24,36H,2,5,16-18H2,1,3-4H3/t22-,24+,29-,30-,31?/m1/s1. The Bertz CT molecular complexity index is 1310. The van der Waals surface area contributed by atoms with Crippen molar-refractivity contribution in [3.63, 3.8) is 0 Å². The molecule has 6 nitrogen and oxygen atoms in total. The number of benzene rings is 2. The molecule has 6 rings (SSSR count). The predicted octanol–water partition coefficient (Wildman–Crippen LogP) is 4.46. The number of ether oxygens (including phenoxy) is 1. The lowest BCUT2D eigenvalue weighted by atomic mass is 9.30. The molecule has 0 aliphatic heterocycles. The fraction of sp³-hybridized carbons (Fsp3) is 0.419. The van der Waals surface area contributed by atoms with Gasteiger partial charge in [0.1, 0.15) is 11.0 Å². The minimum atomic E-state index is -1.63. The van der Waals surface area contributed by atoms with Gasteiger partial charge in [0.05, 0.1) is 17.9 Å². The molecule has 2 aromatic carbocycles. The molecule has 0 amide bonds. The number of ketones is 3. The van der Waals surface area contributed by atoms with Crippen molar-refractivity contribution in [2.24, 2.45) is 28.1 Å². The Morgan fingerprint density at radius 2 is 1.59 bits per heavy atom. The van der Waals surface area contributed by atoms with Crippen LogP contribution in [0.1, 0.15) is 56.0 Å². The summed E-state index contributed by atoms with van der Waals surface area (Å²) in [6.45, 7) is 9.17. The molecule has 1 N–H and O–H groups in total. The molecular weight excluding hydrogens is 468 g/mol. The molecule has 1 unspecified atom stereocenters. The van der Waals surface area contributed by atoms with Crippen molar-refractivity contribution in [1.82, 2.24) is 0 Å².